The van der Waals surface area contributed by atoms with Crippen LogP contribution >= 0.6 is 11.8 Å². The van der Waals surface area contributed by atoms with E-state index in [4.69, 9.17) is 4.74 Å². The minimum absolute atomic E-state index is 0.0305. The Balaban J connectivity index is 0.888. The van der Waals surface area contributed by atoms with Gasteiger partial charge in [-0.1, -0.05) is 97.1 Å². The summed E-state index contributed by atoms with van der Waals surface area (Å²) in [6, 6.07) is 36.4. The summed E-state index contributed by atoms with van der Waals surface area (Å²) in [4.78, 5) is 40.3. The van der Waals surface area contributed by atoms with Gasteiger partial charge in [0.15, 0.2) is 0 Å². The Hall–Kier alpha value is -4.60. The van der Waals surface area contributed by atoms with Crippen LogP contribution in [0, 0.1) is 5.92 Å². The van der Waals surface area contributed by atoms with Gasteiger partial charge in [0.2, 0.25) is 17.7 Å². The molecule has 2 bridgehead atoms. The van der Waals surface area contributed by atoms with Crippen molar-refractivity contribution >= 4 is 35.2 Å². The number of likely N-dealkylation sites (tertiary alicyclic amines) is 1. The lowest BCUT2D eigenvalue weighted by atomic mass is 9.51. The zero-order valence-corrected chi connectivity index (χ0v) is 32.7. The van der Waals surface area contributed by atoms with Gasteiger partial charge in [0, 0.05) is 49.6 Å². The third kappa shape index (κ3) is 6.95. The second-order valence-corrected chi connectivity index (χ2v) is 17.0. The molecule has 2 aliphatic heterocycles. The Morgan fingerprint density at radius 2 is 1.49 bits per heavy atom. The third-order valence-corrected chi connectivity index (χ3v) is 14.1. The first-order valence-electron chi connectivity index (χ1n) is 20.0. The van der Waals surface area contributed by atoms with Crippen LogP contribution in [0.3, 0.4) is 0 Å². The Kier molecular flexibility index (Phi) is 10.8. The Bertz CT molecular complexity index is 1910. The molecule has 55 heavy (non-hydrogen) atoms. The molecule has 4 aromatic carbocycles. The van der Waals surface area contributed by atoms with Crippen molar-refractivity contribution < 1.29 is 19.1 Å². The first-order chi connectivity index (χ1) is 26.8. The zero-order valence-electron chi connectivity index (χ0n) is 31.9. The summed E-state index contributed by atoms with van der Waals surface area (Å²) in [5.74, 6) is 1.87. The number of thioether (sulfide) groups is 1. The molecule has 8 rings (SSSR count). The van der Waals surface area contributed by atoms with Gasteiger partial charge in [0.05, 0.1) is 16.5 Å². The highest BCUT2D eigenvalue weighted by Crippen LogP contribution is 2.63. The van der Waals surface area contributed by atoms with E-state index in [1.165, 1.54) is 34.7 Å². The lowest BCUT2D eigenvalue weighted by molar-refractivity contribution is -0.123. The number of amides is 3. The van der Waals surface area contributed by atoms with Crippen molar-refractivity contribution in [1.82, 2.24) is 15.5 Å². The molecule has 8 nitrogen and oxygen atoms in total. The van der Waals surface area contributed by atoms with Gasteiger partial charge in [-0.3, -0.25) is 19.3 Å². The predicted molar refractivity (Wildman–Crippen MR) is 219 cm³/mol. The molecular weight excluding hydrogens is 705 g/mol. The molecule has 3 amide bonds. The molecule has 286 valence electrons. The molecule has 5 atom stereocenters. The molecule has 4 aromatic rings. The number of rotatable bonds is 14. The normalized spacial score (nSPS) is 23.6. The molecule has 2 aliphatic carbocycles. The number of hydrogen-bond donors (Lipinski definition) is 3. The lowest BCUT2D eigenvalue weighted by Gasteiger charge is -2.59. The molecule has 3 N–H and O–H groups in total. The molecule has 0 aromatic heterocycles. The van der Waals surface area contributed by atoms with E-state index in [1.807, 2.05) is 17.8 Å². The maximum Gasteiger partial charge on any atom is 0.221 e. The van der Waals surface area contributed by atoms with Crippen LogP contribution in [0.25, 0.3) is 0 Å². The van der Waals surface area contributed by atoms with Crippen LogP contribution in [-0.2, 0) is 31.0 Å². The largest absolute Gasteiger partial charge is 0.485 e. The number of carbonyl (C=O) groups is 3. The molecule has 1 saturated heterocycles. The average molecular weight is 757 g/mol. The Labute approximate surface area is 329 Å². The summed E-state index contributed by atoms with van der Waals surface area (Å²) in [5, 5.41) is 9.46. The highest BCUT2D eigenvalue weighted by atomic mass is 32.2. The van der Waals surface area contributed by atoms with Gasteiger partial charge in [-0.2, -0.15) is 0 Å². The number of piperidine rings is 1. The number of nitrogens with zero attached hydrogens (tertiary/aromatic N) is 1. The number of anilines is 1. The SMILES string of the molecule is CC(=O)Nc1ccc2c3c1O[C@H]1[C@@H](NC(C)=O)CC[C@H]4[C@@H](C2)N(CCCCNC(=O)CCSC(c2ccccc2)(c2ccccc2)c2ccccc2)CC[C@@]341. The number of ether oxygens (including phenoxy) is 1. The third-order valence-electron chi connectivity index (χ3n) is 12.5. The fourth-order valence-corrected chi connectivity index (χ4v) is 11.9. The fraction of sp³-hybridized carbons (Fsp3) is 0.413. The van der Waals surface area contributed by atoms with Crippen molar-refractivity contribution in [3.63, 3.8) is 0 Å². The van der Waals surface area contributed by atoms with E-state index in [-0.39, 0.29) is 35.3 Å². The first-order valence-corrected chi connectivity index (χ1v) is 21.0. The van der Waals surface area contributed by atoms with Gasteiger partial charge >= 0.3 is 0 Å². The molecule has 0 unspecified atom stereocenters. The molecule has 9 heteroatoms. The smallest absolute Gasteiger partial charge is 0.221 e. The second kappa shape index (κ2) is 15.9. The van der Waals surface area contributed by atoms with Crippen molar-refractivity contribution in [1.29, 1.82) is 0 Å². The predicted octanol–water partition coefficient (Wildman–Crippen LogP) is 7.20. The van der Waals surface area contributed by atoms with Crippen LogP contribution < -0.4 is 20.7 Å². The van der Waals surface area contributed by atoms with Crippen molar-refractivity contribution in [3.05, 3.63) is 131 Å². The van der Waals surface area contributed by atoms with Gasteiger partial charge in [0.25, 0.3) is 0 Å². The summed E-state index contributed by atoms with van der Waals surface area (Å²) in [5.41, 5.74) is 6.75. The number of benzene rings is 4. The van der Waals surface area contributed by atoms with E-state index < -0.39 is 4.75 Å². The molecule has 1 spiro atoms. The molecule has 4 aliphatic rings. The summed E-state index contributed by atoms with van der Waals surface area (Å²) < 4.78 is 6.39. The van der Waals surface area contributed by atoms with E-state index in [1.54, 1.807) is 6.92 Å². The molecule has 1 saturated carbocycles. The average Bonchev–Trinajstić information content (AvgIpc) is 3.55. The highest BCUT2D eigenvalue weighted by molar-refractivity contribution is 8.00. The van der Waals surface area contributed by atoms with Crippen LogP contribution in [0.2, 0.25) is 0 Å². The van der Waals surface area contributed by atoms with Crippen LogP contribution in [0.4, 0.5) is 5.69 Å². The van der Waals surface area contributed by atoms with E-state index in [0.717, 1.165) is 63.1 Å². The maximum absolute atomic E-state index is 13.2. The zero-order chi connectivity index (χ0) is 38.0. The maximum atomic E-state index is 13.2. The monoisotopic (exact) mass is 756 g/mol. The van der Waals surface area contributed by atoms with Crippen LogP contribution in [-0.4, -0.2) is 66.2 Å². The quantitative estimate of drug-likeness (QED) is 0.0931. The van der Waals surface area contributed by atoms with Crippen molar-refractivity contribution in [2.45, 2.75) is 87.1 Å². The van der Waals surface area contributed by atoms with E-state index >= 15 is 0 Å². The summed E-state index contributed by atoms with van der Waals surface area (Å²) >= 11 is 1.83. The van der Waals surface area contributed by atoms with Crippen LogP contribution in [0.15, 0.2) is 103 Å². The van der Waals surface area contributed by atoms with Gasteiger partial charge in [-0.25, -0.2) is 0 Å². The second-order valence-electron chi connectivity index (χ2n) is 15.7. The van der Waals surface area contributed by atoms with E-state index in [0.29, 0.717) is 30.7 Å². The Morgan fingerprint density at radius 1 is 0.836 bits per heavy atom. The summed E-state index contributed by atoms with van der Waals surface area (Å²) in [6.45, 7) is 5.74. The van der Waals surface area contributed by atoms with Crippen molar-refractivity contribution in [2.24, 2.45) is 5.92 Å². The topological polar surface area (TPSA) is 99.8 Å². The van der Waals surface area contributed by atoms with Gasteiger partial charge in [-0.15, -0.1) is 11.8 Å². The van der Waals surface area contributed by atoms with Gasteiger partial charge < -0.3 is 20.7 Å². The fourth-order valence-electron chi connectivity index (χ4n) is 10.4. The van der Waals surface area contributed by atoms with Crippen molar-refractivity contribution in [2.75, 3.05) is 30.7 Å². The van der Waals surface area contributed by atoms with Crippen LogP contribution in [0.5, 0.6) is 5.75 Å². The molecule has 2 heterocycles. The first kappa shape index (κ1) is 37.3. The van der Waals surface area contributed by atoms with Crippen molar-refractivity contribution in [3.8, 4) is 5.75 Å². The number of carbonyl (C=O) groups excluding carboxylic acids is 3. The molecule has 0 radical (unpaired) electrons. The summed E-state index contributed by atoms with van der Waals surface area (Å²) in [6.07, 6.45) is 6.08. The number of unbranched alkanes of at least 4 members (excludes halogenated alkanes) is 1. The van der Waals surface area contributed by atoms with E-state index in [2.05, 4.69) is 118 Å². The number of nitrogens with one attached hydrogen (secondary N) is 3. The summed E-state index contributed by atoms with van der Waals surface area (Å²) in [7, 11) is 0. The number of hydrogen-bond acceptors (Lipinski definition) is 6. The highest BCUT2D eigenvalue weighted by Gasteiger charge is 2.65. The van der Waals surface area contributed by atoms with Gasteiger partial charge in [0.1, 0.15) is 11.9 Å². The Morgan fingerprint density at radius 3 is 2.11 bits per heavy atom. The molecular formula is C46H52N4O4S. The van der Waals surface area contributed by atoms with Gasteiger partial charge in [-0.05, 0) is 85.9 Å². The minimum Gasteiger partial charge on any atom is -0.485 e. The van der Waals surface area contributed by atoms with E-state index in [9.17, 15) is 14.4 Å². The molecule has 2 fully saturated rings. The minimum atomic E-state index is -0.431. The standard InChI is InChI=1S/C46H52N4O4S/c1-31(51)48-38-22-20-33-30-40-37-21-23-39(49-32(2)52)44-45(37,42(33)43(38)54-44)25-28-50(40)27-13-12-26-47-41(53)24-29-55-46(34-14-6-3-7-15-34,35-16-8-4-9-17-35)36-18-10-5-11-19-36/h3-11,14-20,22,37,39-40,44H,12-13,21,23-30H2,1-2H3,(H,47,53)(H,48,51)(H,49,52)/t37-,39-,40+,44-,45-/m0/s1. The lowest BCUT2D eigenvalue weighted by Crippen LogP contribution is -2.68. The van der Waals surface area contributed by atoms with Crippen LogP contribution in [0.1, 0.15) is 80.2 Å².